The number of fused-ring (bicyclic) bond motifs is 1. The highest BCUT2D eigenvalue weighted by Gasteiger charge is 2.13. The lowest BCUT2D eigenvalue weighted by Crippen LogP contribution is -2.00. The van der Waals surface area contributed by atoms with Crippen LogP contribution < -0.4 is 0 Å². The van der Waals surface area contributed by atoms with E-state index in [9.17, 15) is 10.1 Å². The number of rotatable bonds is 2. The van der Waals surface area contributed by atoms with E-state index in [4.69, 9.17) is 16.3 Å². The van der Waals surface area contributed by atoms with Crippen LogP contribution in [0.25, 0.3) is 21.9 Å². The maximum absolute atomic E-state index is 11.8. The summed E-state index contributed by atoms with van der Waals surface area (Å²) in [7, 11) is 1.35. The molecule has 0 N–H and O–H groups in total. The molecule has 0 aliphatic heterocycles. The zero-order chi connectivity index (χ0) is 16.4. The van der Waals surface area contributed by atoms with Crippen LogP contribution in [-0.4, -0.2) is 13.1 Å². The van der Waals surface area contributed by atoms with Crippen LogP contribution in [-0.2, 0) is 4.74 Å². The molecule has 0 radical (unpaired) electrons. The first kappa shape index (κ1) is 15.1. The van der Waals surface area contributed by atoms with Crippen LogP contribution in [0.2, 0.25) is 5.02 Å². The second-order valence-corrected chi connectivity index (χ2v) is 5.41. The van der Waals surface area contributed by atoms with Gasteiger partial charge < -0.3 is 4.74 Å². The second-order valence-electron chi connectivity index (χ2n) is 5.01. The summed E-state index contributed by atoms with van der Waals surface area (Å²) in [5.74, 6) is -0.395. The number of hydrogen-bond acceptors (Lipinski definition) is 3. The summed E-state index contributed by atoms with van der Waals surface area (Å²) >= 11 is 6.14. The first-order valence-electron chi connectivity index (χ1n) is 6.96. The van der Waals surface area contributed by atoms with Crippen LogP contribution in [0.1, 0.15) is 15.9 Å². The van der Waals surface area contributed by atoms with E-state index in [1.807, 2.05) is 36.4 Å². The Labute approximate surface area is 138 Å². The van der Waals surface area contributed by atoms with Crippen LogP contribution in [0.4, 0.5) is 0 Å². The Morgan fingerprint density at radius 3 is 2.57 bits per heavy atom. The highest BCUT2D eigenvalue weighted by Crippen LogP contribution is 2.34. The van der Waals surface area contributed by atoms with E-state index in [1.54, 1.807) is 18.2 Å². The van der Waals surface area contributed by atoms with E-state index in [1.165, 1.54) is 7.11 Å². The van der Waals surface area contributed by atoms with Gasteiger partial charge >= 0.3 is 5.97 Å². The lowest BCUT2D eigenvalue weighted by molar-refractivity contribution is 0.0601. The number of nitrogens with zero attached hydrogens (tertiary/aromatic N) is 1. The van der Waals surface area contributed by atoms with Gasteiger partial charge in [0.05, 0.1) is 23.3 Å². The summed E-state index contributed by atoms with van der Waals surface area (Å²) in [6, 6.07) is 18.6. The molecule has 0 spiro atoms. The number of ether oxygens (including phenoxy) is 1. The molecule has 23 heavy (non-hydrogen) atoms. The fraction of sp³-hybridized carbons (Fsp3) is 0.0526. The summed E-state index contributed by atoms with van der Waals surface area (Å²) < 4.78 is 4.78. The van der Waals surface area contributed by atoms with E-state index < -0.39 is 5.97 Å². The quantitative estimate of drug-likeness (QED) is 0.636. The van der Waals surface area contributed by atoms with Crippen molar-refractivity contribution >= 4 is 28.3 Å². The van der Waals surface area contributed by atoms with Gasteiger partial charge in [0, 0.05) is 5.56 Å². The van der Waals surface area contributed by atoms with Crippen molar-refractivity contribution in [2.45, 2.75) is 0 Å². The SMILES string of the molecule is COC(=O)c1ccc2cccc(-c3cccc(Cl)c3C#N)c2c1. The molecule has 3 aromatic rings. The molecular weight excluding hydrogens is 310 g/mol. The number of esters is 1. The Hall–Kier alpha value is -2.83. The molecule has 3 rings (SSSR count). The van der Waals surface area contributed by atoms with Gasteiger partial charge in [-0.15, -0.1) is 0 Å². The van der Waals surface area contributed by atoms with Crippen molar-refractivity contribution in [2.75, 3.05) is 7.11 Å². The lowest BCUT2D eigenvalue weighted by Gasteiger charge is -2.10. The fourth-order valence-electron chi connectivity index (χ4n) is 2.61. The van der Waals surface area contributed by atoms with Crippen LogP contribution in [0.5, 0.6) is 0 Å². The fourth-order valence-corrected chi connectivity index (χ4v) is 2.83. The average molecular weight is 322 g/mol. The van der Waals surface area contributed by atoms with Crippen molar-refractivity contribution in [3.05, 3.63) is 70.7 Å². The number of carbonyl (C=O) groups excluding carboxylic acids is 1. The van der Waals surface area contributed by atoms with Gasteiger partial charge in [-0.25, -0.2) is 4.79 Å². The monoisotopic (exact) mass is 321 g/mol. The molecular formula is C19H12ClNO2. The molecule has 0 saturated heterocycles. The Balaban J connectivity index is 2.32. The van der Waals surface area contributed by atoms with Gasteiger partial charge in [-0.3, -0.25) is 0 Å². The van der Waals surface area contributed by atoms with Crippen molar-refractivity contribution < 1.29 is 9.53 Å². The van der Waals surface area contributed by atoms with E-state index in [0.29, 0.717) is 16.1 Å². The number of halogens is 1. The molecule has 0 heterocycles. The van der Waals surface area contributed by atoms with Crippen molar-refractivity contribution in [1.82, 2.24) is 0 Å². The third-order valence-electron chi connectivity index (χ3n) is 3.72. The minimum absolute atomic E-state index is 0.395. The molecule has 4 heteroatoms. The number of methoxy groups -OCH3 is 1. The van der Waals surface area contributed by atoms with Crippen molar-refractivity contribution in [3.8, 4) is 17.2 Å². The smallest absolute Gasteiger partial charge is 0.337 e. The third-order valence-corrected chi connectivity index (χ3v) is 4.03. The minimum Gasteiger partial charge on any atom is -0.465 e. The van der Waals surface area contributed by atoms with E-state index in [-0.39, 0.29) is 0 Å². The van der Waals surface area contributed by atoms with Crippen molar-refractivity contribution in [2.24, 2.45) is 0 Å². The molecule has 3 nitrogen and oxygen atoms in total. The Morgan fingerprint density at radius 2 is 1.83 bits per heavy atom. The van der Waals surface area contributed by atoms with Crippen molar-refractivity contribution in [1.29, 1.82) is 5.26 Å². The van der Waals surface area contributed by atoms with Crippen LogP contribution in [0.15, 0.2) is 54.6 Å². The molecule has 0 aliphatic rings. The zero-order valence-corrected chi connectivity index (χ0v) is 13.1. The predicted molar refractivity (Wildman–Crippen MR) is 90.4 cm³/mol. The van der Waals surface area contributed by atoms with Gasteiger partial charge in [-0.1, -0.05) is 48.0 Å². The van der Waals surface area contributed by atoms with Crippen molar-refractivity contribution in [3.63, 3.8) is 0 Å². The molecule has 112 valence electrons. The lowest BCUT2D eigenvalue weighted by atomic mass is 9.94. The minimum atomic E-state index is -0.395. The van der Waals surface area contributed by atoms with Gasteiger partial charge in [0.25, 0.3) is 0 Å². The molecule has 0 fully saturated rings. The standard InChI is InChI=1S/C19H12ClNO2/c1-23-19(22)13-9-8-12-4-2-5-14(16(12)10-13)15-6-3-7-18(20)17(15)11-21/h2-10H,1H3. The van der Waals surface area contributed by atoms with Gasteiger partial charge in [-0.05, 0) is 34.5 Å². The third kappa shape index (κ3) is 2.65. The summed E-state index contributed by atoms with van der Waals surface area (Å²) in [5.41, 5.74) is 2.48. The van der Waals surface area contributed by atoms with Gasteiger partial charge in [0.2, 0.25) is 0 Å². The highest BCUT2D eigenvalue weighted by atomic mass is 35.5. The Bertz CT molecular complexity index is 957. The molecule has 0 amide bonds. The first-order valence-corrected chi connectivity index (χ1v) is 7.33. The number of carbonyl (C=O) groups is 1. The zero-order valence-electron chi connectivity index (χ0n) is 12.3. The number of hydrogen-bond donors (Lipinski definition) is 0. The summed E-state index contributed by atoms with van der Waals surface area (Å²) in [5, 5.41) is 11.7. The maximum atomic E-state index is 11.8. The maximum Gasteiger partial charge on any atom is 0.337 e. The summed E-state index contributed by atoms with van der Waals surface area (Å²) in [4.78, 5) is 11.8. The topological polar surface area (TPSA) is 50.1 Å². The molecule has 0 unspecified atom stereocenters. The van der Waals surface area contributed by atoms with Crippen LogP contribution in [0, 0.1) is 11.3 Å². The summed E-state index contributed by atoms with van der Waals surface area (Å²) in [6.45, 7) is 0. The molecule has 0 bridgehead atoms. The summed E-state index contributed by atoms with van der Waals surface area (Å²) in [6.07, 6.45) is 0. The van der Waals surface area contributed by atoms with E-state index >= 15 is 0 Å². The molecule has 3 aromatic carbocycles. The molecule has 0 aromatic heterocycles. The van der Waals surface area contributed by atoms with Crippen LogP contribution >= 0.6 is 11.6 Å². The normalized spacial score (nSPS) is 10.3. The Morgan fingerprint density at radius 1 is 1.09 bits per heavy atom. The van der Waals surface area contributed by atoms with Gasteiger partial charge in [0.15, 0.2) is 0 Å². The first-order chi connectivity index (χ1) is 11.2. The number of benzene rings is 3. The highest BCUT2D eigenvalue weighted by molar-refractivity contribution is 6.32. The second kappa shape index (κ2) is 6.12. The molecule has 0 saturated carbocycles. The van der Waals surface area contributed by atoms with Gasteiger partial charge in [-0.2, -0.15) is 5.26 Å². The predicted octanol–water partition coefficient (Wildman–Crippen LogP) is 4.82. The Kier molecular flexibility index (Phi) is 4.01. The van der Waals surface area contributed by atoms with Gasteiger partial charge in [0.1, 0.15) is 6.07 Å². The molecule has 0 atom stereocenters. The average Bonchev–Trinajstić information content (AvgIpc) is 2.59. The van der Waals surface area contributed by atoms with E-state index in [0.717, 1.165) is 21.9 Å². The molecule has 0 aliphatic carbocycles. The van der Waals surface area contributed by atoms with E-state index in [2.05, 4.69) is 6.07 Å². The number of nitriles is 1. The van der Waals surface area contributed by atoms with Crippen LogP contribution in [0.3, 0.4) is 0 Å². The largest absolute Gasteiger partial charge is 0.465 e.